The molecule has 1 unspecified atom stereocenters. The Labute approximate surface area is 130 Å². The lowest BCUT2D eigenvalue weighted by Crippen LogP contribution is -2.29. The Bertz CT molecular complexity index is 572. The van der Waals surface area contributed by atoms with Gasteiger partial charge in [0.05, 0.1) is 11.1 Å². The number of rotatable bonds is 6. The standard InChI is InChI=1S/C14H21ClN2O3S/c15-13-9-11(10-16)4-5-14(13)21(18,19)17-7-6-12-3-1-2-8-20-12/h4-5,9,12,17H,1-3,6-8,10,16H2. The Hall–Kier alpha value is -0.660. The maximum absolute atomic E-state index is 12.2. The summed E-state index contributed by atoms with van der Waals surface area (Å²) in [5.74, 6) is 0. The zero-order valence-electron chi connectivity index (χ0n) is 11.8. The van der Waals surface area contributed by atoms with Gasteiger partial charge in [-0.1, -0.05) is 17.7 Å². The second kappa shape index (κ2) is 7.56. The van der Waals surface area contributed by atoms with E-state index in [4.69, 9.17) is 22.1 Å². The number of nitrogens with two attached hydrogens (primary N) is 1. The molecule has 0 aliphatic carbocycles. The van der Waals surface area contributed by atoms with Gasteiger partial charge in [0.2, 0.25) is 10.0 Å². The summed E-state index contributed by atoms with van der Waals surface area (Å²) < 4.78 is 32.6. The third-order valence-corrected chi connectivity index (χ3v) is 5.50. The molecule has 0 aromatic heterocycles. The molecule has 1 aromatic carbocycles. The van der Waals surface area contributed by atoms with Gasteiger partial charge < -0.3 is 10.5 Å². The minimum atomic E-state index is -3.60. The molecule has 0 radical (unpaired) electrons. The predicted octanol–water partition coefficient (Wildman–Crippen LogP) is 2.04. The number of hydrogen-bond acceptors (Lipinski definition) is 4. The lowest BCUT2D eigenvalue weighted by molar-refractivity contribution is 0.0123. The van der Waals surface area contributed by atoms with Gasteiger partial charge in [-0.3, -0.25) is 0 Å². The van der Waals surface area contributed by atoms with Crippen LogP contribution in [0.1, 0.15) is 31.2 Å². The third-order valence-electron chi connectivity index (χ3n) is 3.55. The van der Waals surface area contributed by atoms with E-state index in [0.29, 0.717) is 19.5 Å². The summed E-state index contributed by atoms with van der Waals surface area (Å²) >= 11 is 6.02. The van der Waals surface area contributed by atoms with Gasteiger partial charge in [0.15, 0.2) is 0 Å². The minimum absolute atomic E-state index is 0.0888. The van der Waals surface area contributed by atoms with Crippen LogP contribution in [0.15, 0.2) is 23.1 Å². The first-order valence-electron chi connectivity index (χ1n) is 7.12. The van der Waals surface area contributed by atoms with Gasteiger partial charge in [-0.15, -0.1) is 0 Å². The van der Waals surface area contributed by atoms with Crippen molar-refractivity contribution in [2.45, 2.75) is 43.2 Å². The fourth-order valence-corrected chi connectivity index (χ4v) is 3.97. The Morgan fingerprint density at radius 3 is 2.81 bits per heavy atom. The van der Waals surface area contributed by atoms with Crippen LogP contribution < -0.4 is 10.5 Å². The lowest BCUT2D eigenvalue weighted by atomic mass is 10.1. The van der Waals surface area contributed by atoms with Gasteiger partial charge in [0.25, 0.3) is 0 Å². The molecular formula is C14H21ClN2O3S. The van der Waals surface area contributed by atoms with Crippen LogP contribution in [-0.4, -0.2) is 27.7 Å². The molecule has 1 fully saturated rings. The molecule has 1 heterocycles. The quantitative estimate of drug-likeness (QED) is 0.835. The Morgan fingerprint density at radius 1 is 1.38 bits per heavy atom. The number of nitrogens with one attached hydrogen (secondary N) is 1. The number of sulfonamides is 1. The summed E-state index contributed by atoms with van der Waals surface area (Å²) in [5, 5.41) is 0.194. The normalized spacial score (nSPS) is 19.6. The topological polar surface area (TPSA) is 81.4 Å². The second-order valence-electron chi connectivity index (χ2n) is 5.14. The van der Waals surface area contributed by atoms with Crippen LogP contribution in [-0.2, 0) is 21.3 Å². The maximum Gasteiger partial charge on any atom is 0.242 e. The predicted molar refractivity (Wildman–Crippen MR) is 82.7 cm³/mol. The van der Waals surface area contributed by atoms with Gasteiger partial charge in [-0.25, -0.2) is 13.1 Å². The van der Waals surface area contributed by atoms with E-state index in [-0.39, 0.29) is 16.0 Å². The summed E-state index contributed by atoms with van der Waals surface area (Å²) in [6, 6.07) is 4.75. The van der Waals surface area contributed by atoms with Crippen molar-refractivity contribution >= 4 is 21.6 Å². The highest BCUT2D eigenvalue weighted by Gasteiger charge is 2.19. The number of hydrogen-bond donors (Lipinski definition) is 2. The fourth-order valence-electron chi connectivity index (χ4n) is 2.36. The van der Waals surface area contributed by atoms with Crippen LogP contribution in [0.4, 0.5) is 0 Å². The van der Waals surface area contributed by atoms with Crippen molar-refractivity contribution in [3.63, 3.8) is 0 Å². The van der Waals surface area contributed by atoms with Crippen LogP contribution in [0.2, 0.25) is 5.02 Å². The smallest absolute Gasteiger partial charge is 0.242 e. The van der Waals surface area contributed by atoms with E-state index in [1.165, 1.54) is 6.07 Å². The molecule has 1 saturated heterocycles. The molecule has 1 aromatic rings. The molecule has 5 nitrogen and oxygen atoms in total. The Morgan fingerprint density at radius 2 is 2.19 bits per heavy atom. The van der Waals surface area contributed by atoms with Crippen molar-refractivity contribution in [2.75, 3.05) is 13.2 Å². The van der Waals surface area contributed by atoms with Crippen LogP contribution in [0.25, 0.3) is 0 Å². The molecule has 1 aliphatic rings. The third kappa shape index (κ3) is 4.66. The molecule has 1 atom stereocenters. The van der Waals surface area contributed by atoms with Crippen molar-refractivity contribution in [3.05, 3.63) is 28.8 Å². The first-order chi connectivity index (χ1) is 10.0. The Kier molecular flexibility index (Phi) is 6.01. The average Bonchev–Trinajstić information content (AvgIpc) is 2.47. The molecule has 21 heavy (non-hydrogen) atoms. The average molecular weight is 333 g/mol. The monoisotopic (exact) mass is 332 g/mol. The molecular weight excluding hydrogens is 312 g/mol. The van der Waals surface area contributed by atoms with Gasteiger partial charge >= 0.3 is 0 Å². The minimum Gasteiger partial charge on any atom is -0.378 e. The number of benzene rings is 1. The highest BCUT2D eigenvalue weighted by Crippen LogP contribution is 2.22. The highest BCUT2D eigenvalue weighted by atomic mass is 35.5. The van der Waals surface area contributed by atoms with Crippen molar-refractivity contribution in [1.82, 2.24) is 4.72 Å². The first-order valence-corrected chi connectivity index (χ1v) is 8.99. The molecule has 118 valence electrons. The number of ether oxygens (including phenoxy) is 1. The number of halogens is 1. The fraction of sp³-hybridized carbons (Fsp3) is 0.571. The maximum atomic E-state index is 12.2. The van der Waals surface area contributed by atoms with Crippen molar-refractivity contribution in [3.8, 4) is 0 Å². The van der Waals surface area contributed by atoms with Crippen molar-refractivity contribution in [1.29, 1.82) is 0 Å². The molecule has 0 bridgehead atoms. The molecule has 3 N–H and O–H groups in total. The van der Waals surface area contributed by atoms with Gasteiger partial charge in [0.1, 0.15) is 4.90 Å². The molecule has 0 amide bonds. The lowest BCUT2D eigenvalue weighted by Gasteiger charge is -2.22. The summed E-state index contributed by atoms with van der Waals surface area (Å²) in [6.07, 6.45) is 4.05. The highest BCUT2D eigenvalue weighted by molar-refractivity contribution is 7.89. The van der Waals surface area contributed by atoms with Crippen LogP contribution in [0, 0.1) is 0 Å². The Balaban J connectivity index is 1.94. The van der Waals surface area contributed by atoms with Gasteiger partial charge in [-0.2, -0.15) is 0 Å². The summed E-state index contributed by atoms with van der Waals surface area (Å²) in [5.41, 5.74) is 6.30. The summed E-state index contributed by atoms with van der Waals surface area (Å²) in [7, 11) is -3.60. The van der Waals surface area contributed by atoms with E-state index in [1.54, 1.807) is 12.1 Å². The van der Waals surface area contributed by atoms with Crippen LogP contribution in [0.5, 0.6) is 0 Å². The van der Waals surface area contributed by atoms with Gasteiger partial charge in [0, 0.05) is 19.7 Å². The molecule has 0 spiro atoms. The van der Waals surface area contributed by atoms with Crippen molar-refractivity contribution < 1.29 is 13.2 Å². The van der Waals surface area contributed by atoms with Gasteiger partial charge in [-0.05, 0) is 43.4 Å². The first kappa shape index (κ1) is 16.7. The van der Waals surface area contributed by atoms with Crippen LogP contribution in [0.3, 0.4) is 0 Å². The largest absolute Gasteiger partial charge is 0.378 e. The SMILES string of the molecule is NCc1ccc(S(=O)(=O)NCCC2CCCCO2)c(Cl)c1. The second-order valence-corrected chi connectivity index (χ2v) is 7.29. The van der Waals surface area contributed by atoms with E-state index in [9.17, 15) is 8.42 Å². The summed E-state index contributed by atoms with van der Waals surface area (Å²) in [4.78, 5) is 0.0888. The van der Waals surface area contributed by atoms with E-state index < -0.39 is 10.0 Å². The molecule has 7 heteroatoms. The molecule has 1 aliphatic heterocycles. The molecule has 2 rings (SSSR count). The van der Waals surface area contributed by atoms with Crippen molar-refractivity contribution in [2.24, 2.45) is 5.73 Å². The van der Waals surface area contributed by atoms with Crippen LogP contribution >= 0.6 is 11.6 Å². The zero-order valence-corrected chi connectivity index (χ0v) is 13.4. The van der Waals surface area contributed by atoms with E-state index in [1.807, 2.05) is 0 Å². The van der Waals surface area contributed by atoms with E-state index in [0.717, 1.165) is 31.4 Å². The molecule has 0 saturated carbocycles. The zero-order chi connectivity index (χ0) is 15.3. The van der Waals surface area contributed by atoms with E-state index in [2.05, 4.69) is 4.72 Å². The summed E-state index contributed by atoms with van der Waals surface area (Å²) in [6.45, 7) is 1.44. The van der Waals surface area contributed by atoms with E-state index >= 15 is 0 Å².